The summed E-state index contributed by atoms with van der Waals surface area (Å²) in [6, 6.07) is 8.63. The van der Waals surface area contributed by atoms with Crippen LogP contribution in [0.3, 0.4) is 0 Å². The molecule has 0 amide bonds. The molecule has 0 aliphatic rings. The number of esters is 1. The number of nitrogens with one attached hydrogen (secondary N) is 1. The second kappa shape index (κ2) is 8.57. The van der Waals surface area contributed by atoms with Gasteiger partial charge in [0, 0.05) is 12.3 Å². The quantitative estimate of drug-likeness (QED) is 0.458. The van der Waals surface area contributed by atoms with Crippen LogP contribution >= 0.6 is 0 Å². The number of hydrogen-bond donors (Lipinski definition) is 1. The Kier molecular flexibility index (Phi) is 6.19. The fourth-order valence-electron chi connectivity index (χ4n) is 1.99. The molecule has 0 aliphatic carbocycles. The van der Waals surface area contributed by atoms with Crippen LogP contribution < -0.4 is 9.47 Å². The van der Waals surface area contributed by atoms with Gasteiger partial charge in [0.2, 0.25) is 5.78 Å². The first kappa shape index (κ1) is 17.3. The van der Waals surface area contributed by atoms with E-state index >= 15 is 0 Å². The van der Waals surface area contributed by atoms with Gasteiger partial charge in [-0.15, -0.1) is 0 Å². The van der Waals surface area contributed by atoms with Gasteiger partial charge in [-0.2, -0.15) is 0 Å². The maximum absolute atomic E-state index is 11.7. The van der Waals surface area contributed by atoms with Crippen LogP contribution in [-0.2, 0) is 9.53 Å². The maximum Gasteiger partial charge on any atom is 0.331 e. The molecule has 24 heavy (non-hydrogen) atoms. The van der Waals surface area contributed by atoms with E-state index in [1.807, 2.05) is 6.92 Å². The molecular weight excluding hydrogens is 310 g/mol. The number of rotatable bonds is 8. The third kappa shape index (κ3) is 4.74. The monoisotopic (exact) mass is 329 g/mol. The van der Waals surface area contributed by atoms with Crippen molar-refractivity contribution in [2.45, 2.75) is 6.92 Å². The first-order valence-corrected chi connectivity index (χ1v) is 7.46. The summed E-state index contributed by atoms with van der Waals surface area (Å²) in [7, 11) is 1.55. The van der Waals surface area contributed by atoms with Crippen molar-refractivity contribution < 1.29 is 23.8 Å². The molecule has 0 aliphatic heterocycles. The highest BCUT2D eigenvalue weighted by Crippen LogP contribution is 2.28. The van der Waals surface area contributed by atoms with E-state index in [4.69, 9.17) is 14.2 Å². The topological polar surface area (TPSA) is 77.6 Å². The van der Waals surface area contributed by atoms with Crippen LogP contribution in [-0.4, -0.2) is 37.1 Å². The number of aromatic nitrogens is 1. The highest BCUT2D eigenvalue weighted by Gasteiger charge is 2.09. The Balaban J connectivity index is 1.92. The number of ketones is 1. The number of Topliss-reactive ketones (excluding diaryl/α,β-unsaturated/α-hetero) is 1. The molecular formula is C18H19NO5. The maximum atomic E-state index is 11.7. The largest absolute Gasteiger partial charge is 0.493 e. The molecule has 126 valence electrons. The zero-order chi connectivity index (χ0) is 17.4. The van der Waals surface area contributed by atoms with Gasteiger partial charge in [0.25, 0.3) is 0 Å². The van der Waals surface area contributed by atoms with Gasteiger partial charge in [0.15, 0.2) is 18.1 Å². The molecule has 1 N–H and O–H groups in total. The lowest BCUT2D eigenvalue weighted by Gasteiger charge is -2.09. The zero-order valence-electron chi connectivity index (χ0n) is 13.6. The zero-order valence-corrected chi connectivity index (χ0v) is 13.6. The van der Waals surface area contributed by atoms with E-state index in [-0.39, 0.29) is 12.4 Å². The molecule has 0 spiro atoms. The molecule has 1 aromatic carbocycles. The molecule has 1 heterocycles. The number of ether oxygens (including phenoxy) is 3. The average Bonchev–Trinajstić information content (AvgIpc) is 3.13. The number of carbonyl (C=O) groups is 2. The van der Waals surface area contributed by atoms with Crippen molar-refractivity contribution in [3.05, 3.63) is 53.9 Å². The molecule has 0 fully saturated rings. The van der Waals surface area contributed by atoms with Crippen LogP contribution in [0.15, 0.2) is 42.6 Å². The minimum Gasteiger partial charge on any atom is -0.493 e. The Bertz CT molecular complexity index is 719. The minimum absolute atomic E-state index is 0.288. The van der Waals surface area contributed by atoms with Gasteiger partial charge >= 0.3 is 5.97 Å². The van der Waals surface area contributed by atoms with Gasteiger partial charge in [-0.3, -0.25) is 4.79 Å². The van der Waals surface area contributed by atoms with Crippen molar-refractivity contribution in [1.82, 2.24) is 4.98 Å². The van der Waals surface area contributed by atoms with Crippen LogP contribution in [0.5, 0.6) is 11.5 Å². The van der Waals surface area contributed by atoms with E-state index in [0.29, 0.717) is 23.8 Å². The lowest BCUT2D eigenvalue weighted by atomic mass is 10.2. The average molecular weight is 329 g/mol. The number of methoxy groups -OCH3 is 1. The summed E-state index contributed by atoms with van der Waals surface area (Å²) in [5.74, 6) is 0.331. The van der Waals surface area contributed by atoms with Crippen molar-refractivity contribution >= 4 is 17.8 Å². The van der Waals surface area contributed by atoms with Gasteiger partial charge in [0.1, 0.15) is 0 Å². The molecule has 0 bridgehead atoms. The Morgan fingerprint density at radius 2 is 2.04 bits per heavy atom. The van der Waals surface area contributed by atoms with Gasteiger partial charge in [-0.05, 0) is 42.8 Å². The predicted molar refractivity (Wildman–Crippen MR) is 89.3 cm³/mol. The summed E-state index contributed by atoms with van der Waals surface area (Å²) in [5.41, 5.74) is 1.16. The van der Waals surface area contributed by atoms with Crippen molar-refractivity contribution in [2.24, 2.45) is 0 Å². The first-order chi connectivity index (χ1) is 11.6. The van der Waals surface area contributed by atoms with E-state index in [2.05, 4.69) is 4.98 Å². The predicted octanol–water partition coefficient (Wildman–Crippen LogP) is 2.86. The molecule has 0 radical (unpaired) electrons. The highest BCUT2D eigenvalue weighted by molar-refractivity contribution is 5.97. The molecule has 0 atom stereocenters. The fraction of sp³-hybridized carbons (Fsp3) is 0.222. The Morgan fingerprint density at radius 1 is 1.21 bits per heavy atom. The molecule has 0 saturated carbocycles. The first-order valence-electron chi connectivity index (χ1n) is 7.46. The minimum atomic E-state index is -0.595. The van der Waals surface area contributed by atoms with Crippen LogP contribution in [0, 0.1) is 0 Å². The van der Waals surface area contributed by atoms with E-state index < -0.39 is 5.97 Å². The third-order valence-electron chi connectivity index (χ3n) is 3.14. The number of carbonyl (C=O) groups excluding carboxylic acids is 2. The molecule has 2 aromatic rings. The van der Waals surface area contributed by atoms with Crippen LogP contribution in [0.4, 0.5) is 0 Å². The summed E-state index contributed by atoms with van der Waals surface area (Å²) >= 11 is 0. The van der Waals surface area contributed by atoms with Crippen LogP contribution in [0.2, 0.25) is 0 Å². The lowest BCUT2D eigenvalue weighted by Crippen LogP contribution is -2.12. The van der Waals surface area contributed by atoms with E-state index in [1.165, 1.54) is 6.08 Å². The summed E-state index contributed by atoms with van der Waals surface area (Å²) < 4.78 is 15.6. The van der Waals surface area contributed by atoms with E-state index in [9.17, 15) is 9.59 Å². The molecule has 6 heteroatoms. The summed E-state index contributed by atoms with van der Waals surface area (Å²) in [6.45, 7) is 2.11. The summed E-state index contributed by atoms with van der Waals surface area (Å²) in [6.07, 6.45) is 4.48. The Hall–Kier alpha value is -3.02. The smallest absolute Gasteiger partial charge is 0.331 e. The molecule has 1 aromatic heterocycles. The second-order valence-electron chi connectivity index (χ2n) is 4.79. The van der Waals surface area contributed by atoms with Gasteiger partial charge in [0.05, 0.1) is 19.4 Å². The molecule has 6 nitrogen and oxygen atoms in total. The Labute approximate surface area is 140 Å². The van der Waals surface area contributed by atoms with E-state index in [1.54, 1.807) is 49.7 Å². The summed E-state index contributed by atoms with van der Waals surface area (Å²) in [5, 5.41) is 0. The van der Waals surface area contributed by atoms with Crippen molar-refractivity contribution in [3.8, 4) is 11.5 Å². The van der Waals surface area contributed by atoms with Crippen LogP contribution in [0.1, 0.15) is 23.0 Å². The van der Waals surface area contributed by atoms with Gasteiger partial charge < -0.3 is 19.2 Å². The number of H-pyrrole nitrogens is 1. The van der Waals surface area contributed by atoms with Crippen molar-refractivity contribution in [2.75, 3.05) is 20.3 Å². The standard InChI is InChI=1S/C18H19NO5/c1-3-23-16-8-6-13(11-17(16)22-2)7-9-18(21)24-12-15(20)14-5-4-10-19-14/h4-11,19H,3,12H2,1-2H3/b9-7+. The summed E-state index contributed by atoms with van der Waals surface area (Å²) in [4.78, 5) is 26.2. The van der Waals surface area contributed by atoms with Crippen molar-refractivity contribution in [1.29, 1.82) is 0 Å². The van der Waals surface area contributed by atoms with E-state index in [0.717, 1.165) is 5.56 Å². The number of benzene rings is 1. The second-order valence-corrected chi connectivity index (χ2v) is 4.79. The molecule has 0 saturated heterocycles. The number of aromatic amines is 1. The van der Waals surface area contributed by atoms with Gasteiger partial charge in [-0.25, -0.2) is 4.79 Å². The third-order valence-corrected chi connectivity index (χ3v) is 3.14. The fourth-order valence-corrected chi connectivity index (χ4v) is 1.99. The van der Waals surface area contributed by atoms with Crippen LogP contribution in [0.25, 0.3) is 6.08 Å². The highest BCUT2D eigenvalue weighted by atomic mass is 16.5. The SMILES string of the molecule is CCOc1ccc(/C=C/C(=O)OCC(=O)c2ccc[nH]2)cc1OC. The molecule has 2 rings (SSSR count). The Morgan fingerprint density at radius 3 is 2.71 bits per heavy atom. The lowest BCUT2D eigenvalue weighted by molar-refractivity contribution is -0.136. The van der Waals surface area contributed by atoms with Crippen molar-refractivity contribution in [3.63, 3.8) is 0 Å². The van der Waals surface area contributed by atoms with Gasteiger partial charge in [-0.1, -0.05) is 6.07 Å². The normalized spacial score (nSPS) is 10.6. The molecule has 0 unspecified atom stereocenters. The number of hydrogen-bond acceptors (Lipinski definition) is 5.